The van der Waals surface area contributed by atoms with E-state index < -0.39 is 20.4 Å². The number of hydrogen-bond donors (Lipinski definition) is 1. The van der Waals surface area contributed by atoms with Gasteiger partial charge in [0.05, 0.1) is 0 Å². The summed E-state index contributed by atoms with van der Waals surface area (Å²) in [7, 11) is 6.78. The minimum absolute atomic E-state index is 0.350. The fraction of sp³-hybridized carbons (Fsp3) is 1.00. The summed E-state index contributed by atoms with van der Waals surface area (Å²) in [5, 5.41) is 0. The van der Waals surface area contributed by atoms with E-state index >= 15 is 0 Å². The summed E-state index contributed by atoms with van der Waals surface area (Å²) in [6.45, 7) is 8.67. The zero-order valence-electron chi connectivity index (χ0n) is 16.5. The molecule has 0 aromatic carbocycles. The van der Waals surface area contributed by atoms with Crippen molar-refractivity contribution in [3.05, 3.63) is 0 Å². The van der Waals surface area contributed by atoms with Gasteiger partial charge in [-0.25, -0.2) is 0 Å². The Hall–Kier alpha value is 2.03. The summed E-state index contributed by atoms with van der Waals surface area (Å²) < 4.78 is 11.3. The van der Waals surface area contributed by atoms with Crippen molar-refractivity contribution in [2.24, 2.45) is 0 Å². The standard InChI is InChI=1S/C17H39I3N4/c1-7-24(20(21-14-18-3)16(2)22(4)5)12-9-8-10-17-11-13-23(6)15-19-17/h16-17,21H,7-15H2,1-6H3/q-2/t16-,17-/m1/s1. The molecule has 1 rings (SSSR count). The van der Waals surface area contributed by atoms with E-state index in [1.54, 1.807) is 0 Å². The molecule has 1 saturated heterocycles. The first kappa shape index (κ1) is 24.1. The van der Waals surface area contributed by atoms with Gasteiger partial charge in [0.1, 0.15) is 0 Å². The molecule has 1 fully saturated rings. The van der Waals surface area contributed by atoms with E-state index in [4.69, 9.17) is 0 Å². The van der Waals surface area contributed by atoms with E-state index in [2.05, 4.69) is 56.4 Å². The fourth-order valence-corrected chi connectivity index (χ4v) is 15.2. The van der Waals surface area contributed by atoms with Crippen LogP contribution in [0.1, 0.15) is 39.5 Å². The van der Waals surface area contributed by atoms with E-state index in [0.717, 1.165) is 3.92 Å². The van der Waals surface area contributed by atoms with Crippen molar-refractivity contribution < 1.29 is 42.4 Å². The molecule has 2 atom stereocenters. The average molecular weight is 680 g/mol. The first-order chi connectivity index (χ1) is 11.5. The molecule has 0 bridgehead atoms. The molecular formula is C17H39I3N4-2. The molecule has 1 N–H and O–H groups in total. The van der Waals surface area contributed by atoms with Crippen LogP contribution in [0.3, 0.4) is 0 Å². The Balaban J connectivity index is 2.36. The molecule has 1 heterocycles. The van der Waals surface area contributed by atoms with E-state index in [1.165, 1.54) is 54.4 Å². The molecule has 0 amide bonds. The second-order valence-electron chi connectivity index (χ2n) is 6.60. The molecule has 4 nitrogen and oxygen atoms in total. The zero-order chi connectivity index (χ0) is 17.9. The number of hydrogen-bond acceptors (Lipinski definition) is 4. The Kier molecular flexibility index (Phi) is 14.1. The molecule has 0 spiro atoms. The molecule has 1 aliphatic rings. The Morgan fingerprint density at radius 1 is 1.38 bits per heavy atom. The van der Waals surface area contributed by atoms with E-state index in [9.17, 15) is 0 Å². The van der Waals surface area contributed by atoms with Crippen LogP contribution in [0.4, 0.5) is 0 Å². The van der Waals surface area contributed by atoms with Crippen LogP contribution >= 0.6 is 20.4 Å². The van der Waals surface area contributed by atoms with Crippen molar-refractivity contribution in [2.45, 2.75) is 47.5 Å². The molecule has 0 aliphatic carbocycles. The molecule has 1 aliphatic heterocycles. The molecule has 0 unspecified atom stereocenters. The summed E-state index contributed by atoms with van der Waals surface area (Å²) in [4.78, 5) is 7.35. The Morgan fingerprint density at radius 3 is 2.67 bits per heavy atom. The minimum atomic E-state index is -1.27. The topological polar surface area (TPSA) is 21.8 Å². The monoisotopic (exact) mass is 680 g/mol. The molecule has 7 heteroatoms. The number of halogens is 3. The van der Waals surface area contributed by atoms with Gasteiger partial charge in [0, 0.05) is 0 Å². The van der Waals surface area contributed by atoms with Gasteiger partial charge in [-0.15, -0.1) is 0 Å². The Morgan fingerprint density at radius 2 is 2.12 bits per heavy atom. The number of alkyl halides is 5. The van der Waals surface area contributed by atoms with Crippen LogP contribution in [0.5, 0.6) is 0 Å². The van der Waals surface area contributed by atoms with Crippen LogP contribution < -0.4 is 45.9 Å². The van der Waals surface area contributed by atoms with Crippen molar-refractivity contribution >= 4 is 20.4 Å². The summed E-state index contributed by atoms with van der Waals surface area (Å²) in [6.07, 6.45) is 5.83. The maximum absolute atomic E-state index is 3.99. The first-order valence-electron chi connectivity index (χ1n) is 9.03. The van der Waals surface area contributed by atoms with Gasteiger partial charge < -0.3 is 0 Å². The second-order valence-corrected chi connectivity index (χ2v) is 17.8. The Bertz CT molecular complexity index is 312. The normalized spacial score (nSPS) is 22.0. The van der Waals surface area contributed by atoms with Gasteiger partial charge in [-0.05, 0) is 0 Å². The van der Waals surface area contributed by atoms with Gasteiger partial charge >= 0.3 is 182 Å². The van der Waals surface area contributed by atoms with Crippen molar-refractivity contribution in [1.82, 2.24) is 16.4 Å². The van der Waals surface area contributed by atoms with Crippen molar-refractivity contribution in [1.29, 1.82) is 0 Å². The van der Waals surface area contributed by atoms with Gasteiger partial charge in [0.25, 0.3) is 0 Å². The molecule has 24 heavy (non-hydrogen) atoms. The Labute approximate surface area is 179 Å². The summed E-state index contributed by atoms with van der Waals surface area (Å²) in [5.41, 5.74) is 0. The summed E-state index contributed by atoms with van der Waals surface area (Å²) >= 11 is -0.480. The average Bonchev–Trinajstić information content (AvgIpc) is 2.58. The molecule has 0 saturated carbocycles. The van der Waals surface area contributed by atoms with Crippen LogP contribution in [0.25, 0.3) is 0 Å². The van der Waals surface area contributed by atoms with Crippen LogP contribution in [0.2, 0.25) is 0 Å². The van der Waals surface area contributed by atoms with E-state index in [1.807, 2.05) is 0 Å². The third-order valence-corrected chi connectivity index (χ3v) is 17.7. The van der Waals surface area contributed by atoms with E-state index in [0.29, 0.717) is 46.5 Å². The van der Waals surface area contributed by atoms with Crippen LogP contribution in [-0.4, -0.2) is 75.7 Å². The number of nitrogens with zero attached hydrogens (tertiary/aromatic N) is 3. The third kappa shape index (κ3) is 9.29. The van der Waals surface area contributed by atoms with Crippen molar-refractivity contribution in [3.8, 4) is 0 Å². The van der Waals surface area contributed by atoms with Gasteiger partial charge in [0.2, 0.25) is 0 Å². The van der Waals surface area contributed by atoms with Crippen LogP contribution in [0.15, 0.2) is 0 Å². The fourth-order valence-electron chi connectivity index (χ4n) is 2.64. The predicted molar refractivity (Wildman–Crippen MR) is 108 cm³/mol. The van der Waals surface area contributed by atoms with Gasteiger partial charge in [-0.1, -0.05) is 0 Å². The summed E-state index contributed by atoms with van der Waals surface area (Å²) in [5.74, 6) is 0. The SMILES string of the molecule is CCN(CCCC[C@@H]1CCN(C)C[I-]1)I(NC[I-]C)[C@@H](C)N(C)C. The molecule has 150 valence electrons. The molecule has 0 aromatic rings. The van der Waals surface area contributed by atoms with Gasteiger partial charge in [-0.3, -0.25) is 0 Å². The van der Waals surface area contributed by atoms with Crippen molar-refractivity contribution in [2.75, 3.05) is 54.8 Å². The maximum atomic E-state index is 3.99. The third-order valence-electron chi connectivity index (χ3n) is 4.42. The molecular weight excluding hydrogens is 641 g/mol. The predicted octanol–water partition coefficient (Wildman–Crippen LogP) is -3.26. The van der Waals surface area contributed by atoms with Crippen molar-refractivity contribution in [3.63, 3.8) is 0 Å². The zero-order valence-corrected chi connectivity index (χ0v) is 23.0. The molecule has 0 radical (unpaired) electrons. The number of rotatable bonds is 12. The van der Waals surface area contributed by atoms with Gasteiger partial charge in [0.15, 0.2) is 0 Å². The number of nitrogens with one attached hydrogen (secondary N) is 1. The van der Waals surface area contributed by atoms with E-state index in [-0.39, 0.29) is 0 Å². The number of unbranched alkanes of at least 4 members (excludes halogenated alkanes) is 1. The van der Waals surface area contributed by atoms with Crippen LogP contribution in [0, 0.1) is 0 Å². The van der Waals surface area contributed by atoms with Crippen LogP contribution in [-0.2, 0) is 0 Å². The second kappa shape index (κ2) is 14.1. The van der Waals surface area contributed by atoms with Gasteiger partial charge in [-0.2, -0.15) is 0 Å². The summed E-state index contributed by atoms with van der Waals surface area (Å²) in [6, 6.07) is 0. The molecule has 0 aromatic heterocycles. The first-order valence-corrected chi connectivity index (χ1v) is 18.8. The quantitative estimate of drug-likeness (QED) is 0.0770.